The van der Waals surface area contributed by atoms with E-state index in [9.17, 15) is 4.79 Å². The lowest BCUT2D eigenvalue weighted by Gasteiger charge is -2.03. The summed E-state index contributed by atoms with van der Waals surface area (Å²) in [5.74, 6) is 0. The molecule has 2 aromatic rings. The molecule has 0 spiro atoms. The Labute approximate surface area is 97.4 Å². The summed E-state index contributed by atoms with van der Waals surface area (Å²) < 4.78 is 0. The van der Waals surface area contributed by atoms with Gasteiger partial charge in [-0.3, -0.25) is 15.0 Å². The Morgan fingerprint density at radius 1 is 1.25 bits per heavy atom. The van der Waals surface area contributed by atoms with E-state index in [1.165, 1.54) is 0 Å². The zero-order chi connectivity index (χ0) is 11.5. The Hall–Kier alpha value is -1.52. The van der Waals surface area contributed by atoms with Crippen molar-refractivity contribution < 1.29 is 0 Å². The largest absolute Gasteiger partial charge is 0.330 e. The lowest BCUT2D eigenvalue weighted by atomic mass is 10.1. The molecule has 16 heavy (non-hydrogen) atoms. The Balaban J connectivity index is 2.56. The van der Waals surface area contributed by atoms with Gasteiger partial charge in [0.25, 0.3) is 5.56 Å². The second-order valence-electron chi connectivity index (χ2n) is 3.45. The van der Waals surface area contributed by atoms with Crippen molar-refractivity contribution in [2.75, 3.05) is 6.54 Å². The van der Waals surface area contributed by atoms with Gasteiger partial charge in [-0.05, 0) is 19.0 Å². The summed E-state index contributed by atoms with van der Waals surface area (Å²) in [5.41, 5.74) is 7.52. The molecule has 0 radical (unpaired) electrons. The molecule has 1 heterocycles. The highest BCUT2D eigenvalue weighted by Crippen LogP contribution is 2.27. The normalized spacial score (nSPS) is 10.6. The second-order valence-corrected chi connectivity index (χ2v) is 3.86. The van der Waals surface area contributed by atoms with E-state index in [1.807, 2.05) is 18.2 Å². The van der Waals surface area contributed by atoms with Gasteiger partial charge in [0.05, 0.1) is 5.69 Å². The van der Waals surface area contributed by atoms with Crippen molar-refractivity contribution >= 4 is 11.6 Å². The highest BCUT2D eigenvalue weighted by atomic mass is 35.5. The van der Waals surface area contributed by atoms with Crippen LogP contribution < -0.4 is 11.3 Å². The van der Waals surface area contributed by atoms with Gasteiger partial charge in [-0.2, -0.15) is 0 Å². The van der Waals surface area contributed by atoms with Crippen molar-refractivity contribution in [2.24, 2.45) is 5.73 Å². The molecule has 5 heteroatoms. The van der Waals surface area contributed by atoms with Crippen molar-refractivity contribution in [1.82, 2.24) is 10.2 Å². The van der Waals surface area contributed by atoms with Crippen LogP contribution in [0.1, 0.15) is 5.56 Å². The minimum atomic E-state index is -0.139. The average Bonchev–Trinajstić information content (AvgIpc) is 2.62. The molecular weight excluding hydrogens is 226 g/mol. The average molecular weight is 238 g/mol. The molecule has 0 saturated heterocycles. The summed E-state index contributed by atoms with van der Waals surface area (Å²) in [7, 11) is 0. The number of nitrogens with two attached hydrogens (primary N) is 1. The maximum atomic E-state index is 11.5. The second kappa shape index (κ2) is 4.55. The summed E-state index contributed by atoms with van der Waals surface area (Å²) in [6.45, 7) is 0.429. The highest BCUT2D eigenvalue weighted by molar-refractivity contribution is 6.33. The third kappa shape index (κ3) is 1.89. The monoisotopic (exact) mass is 237 g/mol. The standard InChI is InChI=1S/C11H12ClN3O/c12-9-4-2-1-3-7(9)10-8(5-6-13)11(16)15-14-10/h1-4H,5-6,13H2,(H2,14,15,16). The van der Waals surface area contributed by atoms with Crippen LogP contribution in [0.25, 0.3) is 11.3 Å². The Bertz CT molecular complexity index is 544. The molecule has 0 aliphatic heterocycles. The van der Waals surface area contributed by atoms with Crippen molar-refractivity contribution in [3.8, 4) is 11.3 Å². The fourth-order valence-corrected chi connectivity index (χ4v) is 1.89. The molecular formula is C11H12ClN3O. The molecule has 4 nitrogen and oxygen atoms in total. The van der Waals surface area contributed by atoms with Gasteiger partial charge < -0.3 is 5.73 Å². The summed E-state index contributed by atoms with van der Waals surface area (Å²) in [4.78, 5) is 11.5. The first-order valence-electron chi connectivity index (χ1n) is 4.98. The van der Waals surface area contributed by atoms with Crippen LogP contribution in [0, 0.1) is 0 Å². The maximum Gasteiger partial charge on any atom is 0.267 e. The molecule has 0 aliphatic rings. The van der Waals surface area contributed by atoms with Crippen LogP contribution in [-0.2, 0) is 6.42 Å². The zero-order valence-electron chi connectivity index (χ0n) is 8.59. The third-order valence-corrected chi connectivity index (χ3v) is 2.74. The number of hydrogen-bond acceptors (Lipinski definition) is 2. The van der Waals surface area contributed by atoms with Gasteiger partial charge >= 0.3 is 0 Å². The lowest BCUT2D eigenvalue weighted by molar-refractivity contribution is 0.960. The van der Waals surface area contributed by atoms with E-state index in [0.29, 0.717) is 23.6 Å². The summed E-state index contributed by atoms with van der Waals surface area (Å²) >= 11 is 6.07. The Morgan fingerprint density at radius 2 is 2.00 bits per heavy atom. The number of benzene rings is 1. The Kier molecular flexibility index (Phi) is 3.12. The van der Waals surface area contributed by atoms with Gasteiger partial charge in [0.15, 0.2) is 0 Å². The van der Waals surface area contributed by atoms with Crippen molar-refractivity contribution in [1.29, 1.82) is 0 Å². The summed E-state index contributed by atoms with van der Waals surface area (Å²) in [6.07, 6.45) is 0.527. The van der Waals surface area contributed by atoms with Crippen molar-refractivity contribution in [3.05, 3.63) is 45.2 Å². The molecule has 0 unspecified atom stereocenters. The molecule has 0 atom stereocenters. The molecule has 1 aromatic carbocycles. The van der Waals surface area contributed by atoms with Crippen LogP contribution >= 0.6 is 11.6 Å². The molecule has 0 aliphatic carbocycles. The van der Waals surface area contributed by atoms with E-state index >= 15 is 0 Å². The van der Waals surface area contributed by atoms with Crippen molar-refractivity contribution in [3.63, 3.8) is 0 Å². The molecule has 0 saturated carbocycles. The Morgan fingerprint density at radius 3 is 2.69 bits per heavy atom. The van der Waals surface area contributed by atoms with Gasteiger partial charge in [0, 0.05) is 16.1 Å². The SMILES string of the molecule is NCCc1c(-c2ccccc2Cl)[nH][nH]c1=O. The highest BCUT2D eigenvalue weighted by Gasteiger charge is 2.12. The predicted molar refractivity (Wildman–Crippen MR) is 64.6 cm³/mol. The lowest BCUT2D eigenvalue weighted by Crippen LogP contribution is -2.12. The van der Waals surface area contributed by atoms with E-state index in [-0.39, 0.29) is 5.56 Å². The minimum Gasteiger partial charge on any atom is -0.330 e. The van der Waals surface area contributed by atoms with Gasteiger partial charge in [-0.1, -0.05) is 29.8 Å². The number of H-pyrrole nitrogens is 2. The predicted octanol–water partition coefficient (Wildman–Crippen LogP) is 1.52. The number of halogens is 1. The van der Waals surface area contributed by atoms with E-state index in [2.05, 4.69) is 10.2 Å². The minimum absolute atomic E-state index is 0.139. The van der Waals surface area contributed by atoms with Gasteiger partial charge in [0.2, 0.25) is 0 Å². The molecule has 84 valence electrons. The molecule has 0 fully saturated rings. The first-order valence-corrected chi connectivity index (χ1v) is 5.36. The van der Waals surface area contributed by atoms with Gasteiger partial charge in [0.1, 0.15) is 0 Å². The first kappa shape index (κ1) is 11.0. The third-order valence-electron chi connectivity index (χ3n) is 2.41. The van der Waals surface area contributed by atoms with Crippen molar-refractivity contribution in [2.45, 2.75) is 6.42 Å². The van der Waals surface area contributed by atoms with Crippen LogP contribution in [0.2, 0.25) is 5.02 Å². The van der Waals surface area contributed by atoms with Gasteiger partial charge in [-0.15, -0.1) is 0 Å². The number of aromatic nitrogens is 2. The summed E-state index contributed by atoms with van der Waals surface area (Å²) in [6, 6.07) is 7.37. The van der Waals surface area contributed by atoms with E-state index < -0.39 is 0 Å². The molecule has 1 aromatic heterocycles. The number of aromatic amines is 2. The maximum absolute atomic E-state index is 11.5. The molecule has 4 N–H and O–H groups in total. The van der Waals surface area contributed by atoms with Crippen LogP contribution in [0.15, 0.2) is 29.1 Å². The molecule has 0 bridgehead atoms. The molecule has 0 amide bonds. The van der Waals surface area contributed by atoms with Crippen LogP contribution in [0.3, 0.4) is 0 Å². The van der Waals surface area contributed by atoms with Crippen LogP contribution in [-0.4, -0.2) is 16.7 Å². The number of rotatable bonds is 3. The molecule has 2 rings (SSSR count). The van der Waals surface area contributed by atoms with E-state index in [0.717, 1.165) is 11.3 Å². The van der Waals surface area contributed by atoms with E-state index in [4.69, 9.17) is 17.3 Å². The number of hydrogen-bond donors (Lipinski definition) is 3. The van der Waals surface area contributed by atoms with E-state index in [1.54, 1.807) is 6.07 Å². The van der Waals surface area contributed by atoms with Crippen LogP contribution in [0.4, 0.5) is 0 Å². The fraction of sp³-hybridized carbons (Fsp3) is 0.182. The summed E-state index contributed by atoms with van der Waals surface area (Å²) in [5, 5.41) is 6.00. The zero-order valence-corrected chi connectivity index (χ0v) is 9.34. The van der Waals surface area contributed by atoms with Gasteiger partial charge in [-0.25, -0.2) is 0 Å². The number of nitrogens with one attached hydrogen (secondary N) is 2. The first-order chi connectivity index (χ1) is 7.74. The smallest absolute Gasteiger partial charge is 0.267 e. The quantitative estimate of drug-likeness (QED) is 0.757. The van der Waals surface area contributed by atoms with Crippen LogP contribution in [0.5, 0.6) is 0 Å². The fourth-order valence-electron chi connectivity index (χ4n) is 1.66. The topological polar surface area (TPSA) is 74.7 Å².